The van der Waals surface area contributed by atoms with Gasteiger partial charge in [0.2, 0.25) is 0 Å². The molecule has 0 aliphatic heterocycles. The van der Waals surface area contributed by atoms with Crippen molar-refractivity contribution < 1.29 is 18.3 Å². The van der Waals surface area contributed by atoms with Crippen LogP contribution in [0.3, 0.4) is 0 Å². The van der Waals surface area contributed by atoms with Crippen molar-refractivity contribution in [2.45, 2.75) is 10.8 Å². The number of benzene rings is 13. The average Bonchev–Trinajstić information content (AvgIpc) is 1.55. The van der Waals surface area contributed by atoms with Gasteiger partial charge in [-0.15, -0.1) is 11.3 Å². The van der Waals surface area contributed by atoms with Gasteiger partial charge >= 0.3 is 11.3 Å². The molecular weight excluding hydrogens is 1190 g/mol. The zero-order valence-electron chi connectivity index (χ0n) is 50.6. The maximum absolute atomic E-state index is 12.4. The van der Waals surface area contributed by atoms with E-state index >= 15 is 0 Å². The average molecular weight is 1240 g/mol. The van der Waals surface area contributed by atoms with Crippen molar-refractivity contribution >= 4 is 76.9 Å². The van der Waals surface area contributed by atoms with Crippen LogP contribution in [0.2, 0.25) is 0 Å². The smallest absolute Gasteiger partial charge is 0.336 e. The van der Waals surface area contributed by atoms with Crippen molar-refractivity contribution in [2.24, 2.45) is 0 Å². The monoisotopic (exact) mass is 1240 g/mol. The van der Waals surface area contributed by atoms with Gasteiger partial charge in [-0.25, -0.2) is 19.6 Å². The fourth-order valence-corrected chi connectivity index (χ4v) is 16.8. The van der Waals surface area contributed by atoms with Crippen LogP contribution in [-0.4, -0.2) is 9.97 Å². The third-order valence-corrected chi connectivity index (χ3v) is 20.7. The minimum absolute atomic E-state index is 0.418. The van der Waals surface area contributed by atoms with Crippen LogP contribution in [0.25, 0.3) is 109 Å². The molecule has 8 nitrogen and oxygen atoms in total. The molecule has 0 saturated heterocycles. The normalized spacial score (nSPS) is 13.3. The zero-order valence-corrected chi connectivity index (χ0v) is 51.4. The zero-order chi connectivity index (χ0) is 62.9. The highest BCUT2D eigenvalue weighted by Crippen LogP contribution is 2.62. The maximum atomic E-state index is 12.4. The molecule has 0 bridgehead atoms. The number of ether oxygens (including phenoxy) is 2. The minimum atomic E-state index is -0.650. The summed E-state index contributed by atoms with van der Waals surface area (Å²) in [6.45, 7) is 0. The molecule has 0 saturated carbocycles. The molecule has 2 aliphatic rings. The molecule has 4 heterocycles. The molecule has 0 amide bonds. The fourth-order valence-electron chi connectivity index (χ4n) is 15.6. The van der Waals surface area contributed by atoms with E-state index < -0.39 is 22.1 Å². The Bertz CT molecular complexity index is 5710. The van der Waals surface area contributed by atoms with Crippen LogP contribution in [0.15, 0.2) is 322 Å². The molecule has 13 aromatic carbocycles. The summed E-state index contributed by atoms with van der Waals surface area (Å²) in [6.07, 6.45) is 0. The maximum Gasteiger partial charge on any atom is 0.336 e. The summed E-state index contributed by atoms with van der Waals surface area (Å²) in [5, 5.41) is 4.95. The predicted molar refractivity (Wildman–Crippen MR) is 381 cm³/mol. The Labute approximate surface area is 547 Å². The van der Waals surface area contributed by atoms with Crippen molar-refractivity contribution in [3.05, 3.63) is 369 Å². The van der Waals surface area contributed by atoms with Crippen molar-refractivity contribution in [3.63, 3.8) is 0 Å². The van der Waals surface area contributed by atoms with E-state index in [1.807, 2.05) is 48.5 Å². The van der Waals surface area contributed by atoms with Gasteiger partial charge in [0.15, 0.2) is 0 Å². The van der Waals surface area contributed by atoms with E-state index in [9.17, 15) is 9.59 Å². The van der Waals surface area contributed by atoms with E-state index in [0.29, 0.717) is 34.2 Å². The lowest BCUT2D eigenvalue weighted by atomic mass is 9.67. The van der Waals surface area contributed by atoms with Crippen molar-refractivity contribution in [1.82, 2.24) is 9.97 Å². The molecule has 0 spiro atoms. The molecule has 17 aromatic rings. The van der Waals surface area contributed by atoms with Gasteiger partial charge in [-0.2, -0.15) is 0 Å². The second kappa shape index (κ2) is 21.1. The fraction of sp³-hybridized carbons (Fsp3) is 0.0233. The molecule has 9 heteroatoms. The number of fused-ring (bicyclic) bond motifs is 15. The van der Waals surface area contributed by atoms with Crippen LogP contribution in [0.5, 0.6) is 23.0 Å². The quantitative estimate of drug-likeness (QED) is 0.0985. The first-order valence-electron chi connectivity index (χ1n) is 31.7. The van der Waals surface area contributed by atoms with Gasteiger partial charge in [-0.1, -0.05) is 206 Å². The summed E-state index contributed by atoms with van der Waals surface area (Å²) in [4.78, 5) is 38.9. The van der Waals surface area contributed by atoms with E-state index in [1.54, 1.807) is 35.6 Å². The molecule has 446 valence electrons. The van der Waals surface area contributed by atoms with Crippen LogP contribution >= 0.6 is 11.3 Å². The van der Waals surface area contributed by atoms with Crippen LogP contribution in [0.1, 0.15) is 44.5 Å². The minimum Gasteiger partial charge on any atom is -0.457 e. The number of rotatable bonds is 10. The Morgan fingerprint density at radius 3 is 1.04 bits per heavy atom. The first-order chi connectivity index (χ1) is 46.9. The standard InChI is InChI=1S/C86H50N2O6S/c89-75-45-37-51-35-39-59(49-73(51)93-75)91-57-41-43-61-67(47-57)68-48-58(92-60-40-36-52-38-46-76(90)94-74(52)50-60)42-44-62(68)80-79(61)87-81-82(88-80)84(66-30-18-34-72-78(66)64-28-14-16-32-70(64)86(72,55-23-9-3-10-24-55)56-25-11-4-12-26-56)95-83(81)65-29-17-33-71-77(65)63-27-13-15-31-69(63)85(71,53-19-5-1-6-20-53)54-21-7-2-8-22-54/h1-50H. The van der Waals surface area contributed by atoms with E-state index in [4.69, 9.17) is 28.3 Å². The second-order valence-electron chi connectivity index (χ2n) is 24.4. The molecule has 19 rings (SSSR count). The Hall–Kier alpha value is -12.3. The molecule has 0 N–H and O–H groups in total. The molecular formula is C86H50N2O6S. The Balaban J connectivity index is 0.908. The van der Waals surface area contributed by atoms with Crippen LogP contribution in [-0.2, 0) is 10.8 Å². The second-order valence-corrected chi connectivity index (χ2v) is 25.4. The molecule has 0 radical (unpaired) electrons. The van der Waals surface area contributed by atoms with Crippen LogP contribution in [0.4, 0.5) is 0 Å². The Morgan fingerprint density at radius 2 is 0.632 bits per heavy atom. The summed E-state index contributed by atoms with van der Waals surface area (Å²) in [6, 6.07) is 105. The summed E-state index contributed by atoms with van der Waals surface area (Å²) in [7, 11) is 0. The first kappa shape index (κ1) is 54.4. The lowest BCUT2D eigenvalue weighted by Gasteiger charge is -2.34. The van der Waals surface area contributed by atoms with E-state index in [2.05, 4.69) is 218 Å². The Morgan fingerprint density at radius 1 is 0.295 bits per heavy atom. The molecule has 0 fully saturated rings. The number of aromatic nitrogens is 2. The van der Waals surface area contributed by atoms with Gasteiger partial charge in [-0.3, -0.25) is 0 Å². The van der Waals surface area contributed by atoms with Gasteiger partial charge in [-0.05, 0) is 150 Å². The summed E-state index contributed by atoms with van der Waals surface area (Å²) in [5.74, 6) is 2.11. The van der Waals surface area contributed by atoms with Gasteiger partial charge in [0.1, 0.15) is 45.2 Å². The highest BCUT2D eigenvalue weighted by Gasteiger charge is 2.49. The SMILES string of the molecule is O=c1ccc2ccc(Oc3ccc4c(c3)c3cc(Oc5ccc6ccc(=O)oc6c5)ccc3c3nc5c(-c6cccc7c6-c6ccccc6C7(c6ccccc6)c6ccccc6)sc(-c6cccc7c6-c6ccccc6C7(c6ccccc6)c6ccccc6)c5nc43)cc2o1. The third kappa shape index (κ3) is 8.19. The van der Waals surface area contributed by atoms with Crippen molar-refractivity contribution in [2.75, 3.05) is 0 Å². The molecule has 0 atom stereocenters. The van der Waals surface area contributed by atoms with Gasteiger partial charge in [0.25, 0.3) is 0 Å². The predicted octanol–water partition coefficient (Wildman–Crippen LogP) is 21.0. The third-order valence-electron chi connectivity index (χ3n) is 19.4. The number of nitrogens with zero attached hydrogens (tertiary/aromatic N) is 2. The van der Waals surface area contributed by atoms with Crippen molar-refractivity contribution in [1.29, 1.82) is 0 Å². The molecule has 4 aromatic heterocycles. The molecule has 2 aliphatic carbocycles. The van der Waals surface area contributed by atoms with Gasteiger partial charge < -0.3 is 18.3 Å². The summed E-state index contributed by atoms with van der Waals surface area (Å²) in [5.41, 5.74) is 18.0. The number of hydrogen-bond donors (Lipinski definition) is 0. The highest BCUT2D eigenvalue weighted by molar-refractivity contribution is 7.21. The lowest BCUT2D eigenvalue weighted by Crippen LogP contribution is -2.28. The van der Waals surface area contributed by atoms with E-state index in [1.165, 1.54) is 56.6 Å². The topological polar surface area (TPSA) is 105 Å². The van der Waals surface area contributed by atoms with Gasteiger partial charge in [0, 0.05) is 56.9 Å². The van der Waals surface area contributed by atoms with Crippen LogP contribution < -0.4 is 20.7 Å². The summed E-state index contributed by atoms with van der Waals surface area (Å²) >= 11 is 1.76. The van der Waals surface area contributed by atoms with Gasteiger partial charge in [0.05, 0.1) is 31.6 Å². The molecule has 95 heavy (non-hydrogen) atoms. The summed E-state index contributed by atoms with van der Waals surface area (Å²) < 4.78 is 24.6. The largest absolute Gasteiger partial charge is 0.457 e. The Kier molecular flexibility index (Phi) is 12.1. The number of hydrogen-bond acceptors (Lipinski definition) is 9. The highest BCUT2D eigenvalue weighted by atomic mass is 32.1. The molecule has 0 unspecified atom stereocenters. The van der Waals surface area contributed by atoms with Crippen molar-refractivity contribution in [3.8, 4) is 66.1 Å². The van der Waals surface area contributed by atoms with Crippen LogP contribution in [0, 0.1) is 0 Å². The number of thiophene rings is 1. The van der Waals surface area contributed by atoms with E-state index in [-0.39, 0.29) is 0 Å². The first-order valence-corrected chi connectivity index (χ1v) is 32.5. The van der Waals surface area contributed by atoms with E-state index in [0.717, 1.165) is 97.5 Å². The lowest BCUT2D eigenvalue weighted by molar-refractivity contribution is 0.480.